The summed E-state index contributed by atoms with van der Waals surface area (Å²) in [6, 6.07) is 7.80. The van der Waals surface area contributed by atoms with Crippen molar-refractivity contribution in [3.63, 3.8) is 0 Å². The van der Waals surface area contributed by atoms with Crippen molar-refractivity contribution >= 4 is 38.6 Å². The molecule has 1 fully saturated rings. The van der Waals surface area contributed by atoms with Crippen LogP contribution in [0.4, 0.5) is 5.13 Å². The molecule has 0 aliphatic carbocycles. The van der Waals surface area contributed by atoms with E-state index in [0.29, 0.717) is 5.13 Å². The molecule has 0 radical (unpaired) electrons. The molecule has 0 spiro atoms. The zero-order chi connectivity index (χ0) is 15.5. The third kappa shape index (κ3) is 3.02. The van der Waals surface area contributed by atoms with Gasteiger partial charge in [-0.15, -0.1) is 0 Å². The molecule has 1 aliphatic heterocycles. The zero-order valence-corrected chi connectivity index (χ0v) is 12.8. The largest absolute Gasteiger partial charge is 0.465 e. The second kappa shape index (κ2) is 6.29. The summed E-state index contributed by atoms with van der Waals surface area (Å²) in [6.07, 6.45) is -0.460. The lowest BCUT2D eigenvalue weighted by atomic mass is 10.1. The van der Waals surface area contributed by atoms with Crippen molar-refractivity contribution in [3.8, 4) is 0 Å². The van der Waals surface area contributed by atoms with E-state index in [0.717, 1.165) is 10.2 Å². The first kappa shape index (κ1) is 14.7. The second-order valence-electron chi connectivity index (χ2n) is 4.79. The summed E-state index contributed by atoms with van der Waals surface area (Å²) in [5.41, 5.74) is 0.904. The predicted octanol–water partition coefficient (Wildman–Crippen LogP) is 0.890. The van der Waals surface area contributed by atoms with Crippen LogP contribution in [0.2, 0.25) is 0 Å². The lowest BCUT2D eigenvalue weighted by Gasteiger charge is -2.29. The topological polar surface area (TPSA) is 92.3 Å². The van der Waals surface area contributed by atoms with E-state index in [1.165, 1.54) is 11.3 Å². The van der Waals surface area contributed by atoms with Gasteiger partial charge in [-0.25, -0.2) is 4.98 Å². The standard InChI is InChI=1S/C14H16N4O3S/c1-2-21-12(20)8-7-15-13(17-11(8)19)18-14-16-9-5-3-4-6-10(9)22-14/h3-6,8,13,15H,2,7H2,1H3,(H,16,18)(H,17,19). The maximum absolute atomic E-state index is 12.0. The smallest absolute Gasteiger partial charge is 0.319 e. The van der Waals surface area contributed by atoms with Gasteiger partial charge >= 0.3 is 5.97 Å². The molecular weight excluding hydrogens is 304 g/mol. The molecule has 2 heterocycles. The molecule has 2 aromatic rings. The first-order valence-corrected chi connectivity index (χ1v) is 7.81. The number of thiazole rings is 1. The van der Waals surface area contributed by atoms with Crippen LogP contribution in [-0.2, 0) is 14.3 Å². The summed E-state index contributed by atoms with van der Waals surface area (Å²) in [5.74, 6) is -1.67. The second-order valence-corrected chi connectivity index (χ2v) is 5.82. The number of hydrogen-bond donors (Lipinski definition) is 3. The minimum atomic E-state index is -0.812. The fourth-order valence-corrected chi connectivity index (χ4v) is 3.09. The average molecular weight is 320 g/mol. The highest BCUT2D eigenvalue weighted by Gasteiger charge is 2.34. The molecule has 1 aliphatic rings. The van der Waals surface area contributed by atoms with Crippen molar-refractivity contribution in [2.75, 3.05) is 18.5 Å². The number of nitrogens with zero attached hydrogens (tertiary/aromatic N) is 1. The van der Waals surface area contributed by atoms with E-state index < -0.39 is 18.2 Å². The van der Waals surface area contributed by atoms with Gasteiger partial charge in [0.2, 0.25) is 5.91 Å². The lowest BCUT2D eigenvalue weighted by molar-refractivity contribution is -0.153. The van der Waals surface area contributed by atoms with E-state index in [1.54, 1.807) is 6.92 Å². The fraction of sp³-hybridized carbons (Fsp3) is 0.357. The molecule has 22 heavy (non-hydrogen) atoms. The molecule has 1 aromatic heterocycles. The summed E-state index contributed by atoms with van der Waals surface area (Å²) in [6.45, 7) is 2.20. The number of anilines is 1. The number of rotatable bonds is 4. The van der Waals surface area contributed by atoms with E-state index in [2.05, 4.69) is 20.9 Å². The number of benzene rings is 1. The average Bonchev–Trinajstić information content (AvgIpc) is 2.89. The van der Waals surface area contributed by atoms with Crippen LogP contribution in [0.15, 0.2) is 24.3 Å². The summed E-state index contributed by atoms with van der Waals surface area (Å²) < 4.78 is 5.94. The molecule has 0 saturated carbocycles. The Morgan fingerprint density at radius 2 is 2.32 bits per heavy atom. The van der Waals surface area contributed by atoms with Crippen molar-refractivity contribution in [3.05, 3.63) is 24.3 Å². The van der Waals surface area contributed by atoms with Crippen molar-refractivity contribution < 1.29 is 14.3 Å². The number of esters is 1. The van der Waals surface area contributed by atoms with Gasteiger partial charge in [-0.1, -0.05) is 23.5 Å². The van der Waals surface area contributed by atoms with Gasteiger partial charge in [0.25, 0.3) is 0 Å². The summed E-state index contributed by atoms with van der Waals surface area (Å²) in [4.78, 5) is 28.1. The van der Waals surface area contributed by atoms with Crippen LogP contribution >= 0.6 is 11.3 Å². The third-order valence-corrected chi connectivity index (χ3v) is 4.23. The van der Waals surface area contributed by atoms with Crippen LogP contribution in [-0.4, -0.2) is 36.3 Å². The molecule has 7 nitrogen and oxygen atoms in total. The van der Waals surface area contributed by atoms with Crippen LogP contribution in [0.5, 0.6) is 0 Å². The Kier molecular flexibility index (Phi) is 4.21. The quantitative estimate of drug-likeness (QED) is 0.572. The van der Waals surface area contributed by atoms with Gasteiger partial charge in [0.1, 0.15) is 5.92 Å². The summed E-state index contributed by atoms with van der Waals surface area (Å²) >= 11 is 1.50. The van der Waals surface area contributed by atoms with Crippen molar-refractivity contribution in [1.82, 2.24) is 15.6 Å². The van der Waals surface area contributed by atoms with E-state index >= 15 is 0 Å². The van der Waals surface area contributed by atoms with E-state index in [-0.39, 0.29) is 19.1 Å². The zero-order valence-electron chi connectivity index (χ0n) is 12.0. The minimum Gasteiger partial charge on any atom is -0.465 e. The van der Waals surface area contributed by atoms with Gasteiger partial charge in [0.15, 0.2) is 11.4 Å². The van der Waals surface area contributed by atoms with Crippen molar-refractivity contribution in [1.29, 1.82) is 0 Å². The molecule has 1 aromatic carbocycles. The number of ether oxygens (including phenoxy) is 1. The molecular formula is C14H16N4O3S. The number of amides is 1. The van der Waals surface area contributed by atoms with Gasteiger partial charge in [-0.05, 0) is 19.1 Å². The Hall–Kier alpha value is -2.19. The minimum absolute atomic E-state index is 0.229. The first-order valence-electron chi connectivity index (χ1n) is 7.00. The molecule has 116 valence electrons. The lowest BCUT2D eigenvalue weighted by Crippen LogP contribution is -2.61. The van der Waals surface area contributed by atoms with Gasteiger partial charge in [0.05, 0.1) is 16.8 Å². The number of hydrogen-bond acceptors (Lipinski definition) is 7. The third-order valence-electron chi connectivity index (χ3n) is 3.26. The van der Waals surface area contributed by atoms with E-state index in [4.69, 9.17) is 4.74 Å². The van der Waals surface area contributed by atoms with Crippen molar-refractivity contribution in [2.45, 2.75) is 13.2 Å². The van der Waals surface area contributed by atoms with Gasteiger partial charge in [-0.2, -0.15) is 0 Å². The van der Waals surface area contributed by atoms with Gasteiger partial charge in [0, 0.05) is 6.54 Å². The number of aromatic nitrogens is 1. The molecule has 2 unspecified atom stereocenters. The molecule has 3 rings (SSSR count). The molecule has 2 atom stereocenters. The van der Waals surface area contributed by atoms with Gasteiger partial charge in [-0.3, -0.25) is 14.9 Å². The highest BCUT2D eigenvalue weighted by atomic mass is 32.1. The fourth-order valence-electron chi connectivity index (χ4n) is 2.20. The Morgan fingerprint density at radius 3 is 3.05 bits per heavy atom. The Morgan fingerprint density at radius 1 is 1.50 bits per heavy atom. The SMILES string of the molecule is CCOC(=O)C1CNC(Nc2nc3ccccc3s2)NC1=O. The van der Waals surface area contributed by atoms with Crippen LogP contribution < -0.4 is 16.0 Å². The molecule has 8 heteroatoms. The number of para-hydroxylation sites is 1. The summed E-state index contributed by atoms with van der Waals surface area (Å²) in [7, 11) is 0. The number of nitrogens with one attached hydrogen (secondary N) is 3. The summed E-state index contributed by atoms with van der Waals surface area (Å²) in [5, 5.41) is 9.56. The van der Waals surface area contributed by atoms with Crippen LogP contribution in [0.25, 0.3) is 10.2 Å². The molecule has 3 N–H and O–H groups in total. The predicted molar refractivity (Wildman–Crippen MR) is 83.3 cm³/mol. The van der Waals surface area contributed by atoms with E-state index in [9.17, 15) is 9.59 Å². The molecule has 1 amide bonds. The normalized spacial score (nSPS) is 21.4. The highest BCUT2D eigenvalue weighted by molar-refractivity contribution is 7.22. The monoisotopic (exact) mass is 320 g/mol. The highest BCUT2D eigenvalue weighted by Crippen LogP contribution is 2.25. The molecule has 1 saturated heterocycles. The maximum Gasteiger partial charge on any atom is 0.319 e. The Bertz CT molecular complexity index is 669. The Labute approximate surface area is 131 Å². The Balaban J connectivity index is 1.63. The number of fused-ring (bicyclic) bond motifs is 1. The van der Waals surface area contributed by atoms with Crippen molar-refractivity contribution in [2.24, 2.45) is 5.92 Å². The van der Waals surface area contributed by atoms with Crippen LogP contribution in [0.3, 0.4) is 0 Å². The van der Waals surface area contributed by atoms with Crippen LogP contribution in [0.1, 0.15) is 6.92 Å². The number of carbonyl (C=O) groups excluding carboxylic acids is 2. The number of carbonyl (C=O) groups is 2. The maximum atomic E-state index is 12.0. The van der Waals surface area contributed by atoms with Gasteiger partial charge < -0.3 is 15.4 Å². The van der Waals surface area contributed by atoms with E-state index in [1.807, 2.05) is 24.3 Å². The first-order chi connectivity index (χ1) is 10.7. The molecule has 0 bridgehead atoms. The van der Waals surface area contributed by atoms with Crippen LogP contribution in [0, 0.1) is 5.92 Å².